The number of nitriles is 1. The van der Waals surface area contributed by atoms with Crippen molar-refractivity contribution in [2.45, 2.75) is 44.8 Å². The lowest BCUT2D eigenvalue weighted by Gasteiger charge is -2.14. The van der Waals surface area contributed by atoms with Crippen LogP contribution in [0.25, 0.3) is 0 Å². The highest BCUT2D eigenvalue weighted by Crippen LogP contribution is 2.21. The van der Waals surface area contributed by atoms with E-state index in [-0.39, 0.29) is 6.42 Å². The van der Waals surface area contributed by atoms with Crippen molar-refractivity contribution in [2.75, 3.05) is 5.75 Å². The van der Waals surface area contributed by atoms with E-state index in [1.54, 1.807) is 6.92 Å². The van der Waals surface area contributed by atoms with E-state index in [0.717, 1.165) is 0 Å². The molecule has 0 radical (unpaired) electrons. The summed E-state index contributed by atoms with van der Waals surface area (Å²) in [6.07, 6.45) is -5.50. The molecule has 0 bridgehead atoms. The number of rotatable bonds is 7. The molecule has 0 heterocycles. The van der Waals surface area contributed by atoms with Crippen molar-refractivity contribution in [3.63, 3.8) is 0 Å². The monoisotopic (exact) mass is 272 g/mol. The van der Waals surface area contributed by atoms with Crippen LogP contribution in [0.1, 0.15) is 32.6 Å². The Hall–Kier alpha value is -0.810. The fourth-order valence-corrected chi connectivity index (χ4v) is 2.56. The molecular formula is C9H15F3N2O2S. The van der Waals surface area contributed by atoms with Gasteiger partial charge in [-0.25, -0.2) is 13.1 Å². The summed E-state index contributed by atoms with van der Waals surface area (Å²) in [4.78, 5) is 0. The van der Waals surface area contributed by atoms with Gasteiger partial charge in [-0.15, -0.1) is 0 Å². The highest BCUT2D eigenvalue weighted by Gasteiger charge is 2.27. The van der Waals surface area contributed by atoms with Gasteiger partial charge >= 0.3 is 6.18 Å². The van der Waals surface area contributed by atoms with E-state index in [1.165, 1.54) is 0 Å². The number of nitrogens with zero attached hydrogens (tertiary/aromatic N) is 1. The third-order valence-electron chi connectivity index (χ3n) is 2.05. The fourth-order valence-electron chi connectivity index (χ4n) is 1.16. The summed E-state index contributed by atoms with van der Waals surface area (Å²) >= 11 is 0. The number of hydrogen-bond donors (Lipinski definition) is 1. The number of alkyl halides is 3. The molecule has 0 aliphatic heterocycles. The molecule has 1 atom stereocenters. The first-order valence-electron chi connectivity index (χ1n) is 5.14. The molecule has 0 saturated carbocycles. The minimum atomic E-state index is -4.34. The average Bonchev–Trinajstić information content (AvgIpc) is 2.14. The first kappa shape index (κ1) is 16.2. The lowest BCUT2D eigenvalue weighted by molar-refractivity contribution is -0.134. The van der Waals surface area contributed by atoms with Gasteiger partial charge in [0, 0.05) is 12.5 Å². The van der Waals surface area contributed by atoms with E-state index >= 15 is 0 Å². The van der Waals surface area contributed by atoms with Gasteiger partial charge in [0.15, 0.2) is 0 Å². The maximum Gasteiger partial charge on any atom is 0.389 e. The molecule has 0 aromatic carbocycles. The van der Waals surface area contributed by atoms with Gasteiger partial charge in [0.2, 0.25) is 10.0 Å². The van der Waals surface area contributed by atoms with Crippen molar-refractivity contribution < 1.29 is 21.6 Å². The molecule has 100 valence electrons. The zero-order valence-electron chi connectivity index (χ0n) is 9.42. The van der Waals surface area contributed by atoms with Crippen LogP contribution in [0, 0.1) is 11.3 Å². The zero-order valence-corrected chi connectivity index (χ0v) is 10.2. The topological polar surface area (TPSA) is 70.0 Å². The highest BCUT2D eigenvalue weighted by atomic mass is 32.2. The van der Waals surface area contributed by atoms with Gasteiger partial charge in [-0.1, -0.05) is 6.92 Å². The predicted octanol–water partition coefficient (Wildman–Crippen LogP) is 1.94. The first-order valence-corrected chi connectivity index (χ1v) is 6.79. The third kappa shape index (κ3) is 8.94. The molecule has 1 N–H and O–H groups in total. The Bertz CT molecular complexity index is 359. The lowest BCUT2D eigenvalue weighted by Crippen LogP contribution is -2.36. The van der Waals surface area contributed by atoms with Crippen molar-refractivity contribution in [3.8, 4) is 6.07 Å². The van der Waals surface area contributed by atoms with Crippen LogP contribution in [-0.2, 0) is 10.0 Å². The third-order valence-corrected chi connectivity index (χ3v) is 3.57. The maximum absolute atomic E-state index is 11.8. The summed E-state index contributed by atoms with van der Waals surface area (Å²) in [7, 11) is -3.74. The maximum atomic E-state index is 11.8. The number of nitrogens with one attached hydrogen (secondary N) is 1. The lowest BCUT2D eigenvalue weighted by atomic mass is 10.2. The van der Waals surface area contributed by atoms with Gasteiger partial charge in [-0.05, 0) is 12.8 Å². The Balaban J connectivity index is 4.17. The van der Waals surface area contributed by atoms with E-state index in [1.807, 2.05) is 6.07 Å². The van der Waals surface area contributed by atoms with E-state index in [9.17, 15) is 21.6 Å². The number of halogens is 3. The molecule has 0 aliphatic rings. The minimum absolute atomic E-state index is 0.00893. The van der Waals surface area contributed by atoms with E-state index in [2.05, 4.69) is 4.72 Å². The normalized spacial score (nSPS) is 14.3. The van der Waals surface area contributed by atoms with Crippen molar-refractivity contribution in [3.05, 3.63) is 0 Å². The Kier molecular flexibility index (Phi) is 6.49. The van der Waals surface area contributed by atoms with Crippen LogP contribution in [-0.4, -0.2) is 26.4 Å². The highest BCUT2D eigenvalue weighted by molar-refractivity contribution is 7.89. The van der Waals surface area contributed by atoms with Crippen LogP contribution < -0.4 is 4.72 Å². The molecule has 8 heteroatoms. The molecule has 17 heavy (non-hydrogen) atoms. The predicted molar refractivity (Wildman–Crippen MR) is 56.5 cm³/mol. The summed E-state index contributed by atoms with van der Waals surface area (Å²) in [5.41, 5.74) is 0. The molecule has 0 rings (SSSR count). The van der Waals surface area contributed by atoms with Crippen molar-refractivity contribution >= 4 is 10.0 Å². The molecule has 0 spiro atoms. The first-order chi connectivity index (χ1) is 7.70. The fraction of sp³-hybridized carbons (Fsp3) is 0.889. The average molecular weight is 272 g/mol. The van der Waals surface area contributed by atoms with Gasteiger partial charge in [-0.3, -0.25) is 0 Å². The summed E-state index contributed by atoms with van der Waals surface area (Å²) < 4.78 is 60.4. The second-order valence-corrected chi connectivity index (χ2v) is 5.50. The minimum Gasteiger partial charge on any atom is -0.212 e. The van der Waals surface area contributed by atoms with Crippen LogP contribution in [0.4, 0.5) is 13.2 Å². The van der Waals surface area contributed by atoms with Gasteiger partial charge in [0.1, 0.15) is 0 Å². The van der Waals surface area contributed by atoms with Crippen LogP contribution in [0.2, 0.25) is 0 Å². The zero-order chi connectivity index (χ0) is 13.5. The SMILES string of the molecule is CCC(CC#N)NS(=O)(=O)CCCC(F)(F)F. The standard InChI is InChI=1S/C9H15F3N2O2S/c1-2-8(4-6-13)14-17(15,16)7-3-5-9(10,11)12/h8,14H,2-5,7H2,1H3. The number of sulfonamides is 1. The number of hydrogen-bond acceptors (Lipinski definition) is 3. The van der Waals surface area contributed by atoms with Crippen LogP contribution in [0.5, 0.6) is 0 Å². The quantitative estimate of drug-likeness (QED) is 0.770. The molecule has 0 aliphatic carbocycles. The van der Waals surface area contributed by atoms with Crippen LogP contribution in [0.3, 0.4) is 0 Å². The summed E-state index contributed by atoms with van der Waals surface area (Å²) in [5.74, 6) is -0.575. The van der Waals surface area contributed by atoms with Crippen molar-refractivity contribution in [1.82, 2.24) is 4.72 Å². The molecule has 1 unspecified atom stereocenters. The largest absolute Gasteiger partial charge is 0.389 e. The van der Waals surface area contributed by atoms with Crippen LogP contribution >= 0.6 is 0 Å². The Morgan fingerprint density at radius 3 is 2.41 bits per heavy atom. The van der Waals surface area contributed by atoms with Crippen molar-refractivity contribution in [1.29, 1.82) is 5.26 Å². The van der Waals surface area contributed by atoms with Gasteiger partial charge < -0.3 is 0 Å². The summed E-state index contributed by atoms with van der Waals surface area (Å²) in [5, 5.41) is 8.41. The van der Waals surface area contributed by atoms with Crippen molar-refractivity contribution in [2.24, 2.45) is 0 Å². The Morgan fingerprint density at radius 2 is 2.00 bits per heavy atom. The summed E-state index contributed by atoms with van der Waals surface area (Å²) in [6, 6.07) is 1.28. The Labute approximate surface area is 98.9 Å². The molecule has 0 aromatic heterocycles. The van der Waals surface area contributed by atoms with Gasteiger partial charge in [0.05, 0.1) is 18.2 Å². The molecule has 0 amide bonds. The van der Waals surface area contributed by atoms with E-state index < -0.39 is 40.8 Å². The second kappa shape index (κ2) is 6.81. The van der Waals surface area contributed by atoms with Crippen LogP contribution in [0.15, 0.2) is 0 Å². The molecule has 4 nitrogen and oxygen atoms in total. The molecule has 0 saturated heterocycles. The van der Waals surface area contributed by atoms with Gasteiger partial charge in [-0.2, -0.15) is 18.4 Å². The van der Waals surface area contributed by atoms with E-state index in [0.29, 0.717) is 6.42 Å². The Morgan fingerprint density at radius 1 is 1.41 bits per heavy atom. The van der Waals surface area contributed by atoms with Gasteiger partial charge in [0.25, 0.3) is 0 Å². The molecular weight excluding hydrogens is 257 g/mol. The second-order valence-electron chi connectivity index (χ2n) is 3.62. The van der Waals surface area contributed by atoms with E-state index in [4.69, 9.17) is 5.26 Å². The molecule has 0 aromatic rings. The smallest absolute Gasteiger partial charge is 0.212 e. The molecule has 0 fully saturated rings. The summed E-state index contributed by atoms with van der Waals surface area (Å²) in [6.45, 7) is 1.69.